The Kier molecular flexibility index (Phi) is 9.21. The Bertz CT molecular complexity index is 305. The minimum atomic E-state index is -0.293. The number of esters is 1. The molecule has 0 aliphatic heterocycles. The second-order valence-electron chi connectivity index (χ2n) is 5.82. The van der Waals surface area contributed by atoms with Crippen molar-refractivity contribution in [3.05, 3.63) is 0 Å². The number of amides is 1. The summed E-state index contributed by atoms with van der Waals surface area (Å²) in [6.07, 6.45) is 2.31. The Hall–Kier alpha value is -1.10. The van der Waals surface area contributed by atoms with Crippen LogP contribution in [0, 0.1) is 17.8 Å². The van der Waals surface area contributed by atoms with Crippen molar-refractivity contribution in [3.8, 4) is 0 Å². The van der Waals surface area contributed by atoms with Crippen molar-refractivity contribution in [2.24, 2.45) is 23.5 Å². The largest absolute Gasteiger partial charge is 0.469 e. The lowest BCUT2D eigenvalue weighted by molar-refractivity contribution is -0.146. The fourth-order valence-electron chi connectivity index (χ4n) is 2.31. The topological polar surface area (TPSA) is 72.6 Å². The number of nitrogens with two attached hydrogens (primary N) is 1. The minimum absolute atomic E-state index is 0.0726. The van der Waals surface area contributed by atoms with Crippen LogP contribution in [0.5, 0.6) is 0 Å². The minimum Gasteiger partial charge on any atom is -0.469 e. The lowest BCUT2D eigenvalue weighted by atomic mass is 9.88. The van der Waals surface area contributed by atoms with Gasteiger partial charge < -0.3 is 15.4 Å². The van der Waals surface area contributed by atoms with Crippen LogP contribution in [-0.4, -0.2) is 44.0 Å². The summed E-state index contributed by atoms with van der Waals surface area (Å²) in [6, 6.07) is 0. The fourth-order valence-corrected chi connectivity index (χ4v) is 2.31. The molecule has 0 spiro atoms. The van der Waals surface area contributed by atoms with Gasteiger partial charge >= 0.3 is 5.97 Å². The smallest absolute Gasteiger partial charge is 0.310 e. The van der Waals surface area contributed by atoms with Crippen molar-refractivity contribution in [1.82, 2.24) is 4.90 Å². The average Bonchev–Trinajstić information content (AvgIpc) is 2.41. The molecule has 0 radical (unpaired) electrons. The van der Waals surface area contributed by atoms with Gasteiger partial charge in [-0.25, -0.2) is 0 Å². The van der Waals surface area contributed by atoms with E-state index in [9.17, 15) is 9.59 Å². The molecule has 20 heavy (non-hydrogen) atoms. The highest BCUT2D eigenvalue weighted by molar-refractivity contribution is 5.77. The van der Waals surface area contributed by atoms with Crippen LogP contribution in [0.15, 0.2) is 0 Å². The first-order valence-electron chi connectivity index (χ1n) is 7.35. The molecular weight excluding hydrogens is 256 g/mol. The Labute approximate surface area is 122 Å². The van der Waals surface area contributed by atoms with Gasteiger partial charge in [0, 0.05) is 20.0 Å². The molecule has 1 amide bonds. The molecule has 118 valence electrons. The molecule has 2 N–H and O–H groups in total. The van der Waals surface area contributed by atoms with Gasteiger partial charge in [0.15, 0.2) is 0 Å². The summed E-state index contributed by atoms with van der Waals surface area (Å²) in [6.45, 7) is 7.14. The maximum atomic E-state index is 12.1. The summed E-state index contributed by atoms with van der Waals surface area (Å²) in [7, 11) is 3.09. The van der Waals surface area contributed by atoms with Crippen molar-refractivity contribution in [3.63, 3.8) is 0 Å². The summed E-state index contributed by atoms with van der Waals surface area (Å²) >= 11 is 0. The second kappa shape index (κ2) is 9.75. The van der Waals surface area contributed by atoms with Gasteiger partial charge in [0.2, 0.25) is 5.91 Å². The highest BCUT2D eigenvalue weighted by Crippen LogP contribution is 2.20. The third-order valence-electron chi connectivity index (χ3n) is 3.79. The molecule has 0 heterocycles. The first-order valence-corrected chi connectivity index (χ1v) is 7.35. The van der Waals surface area contributed by atoms with E-state index >= 15 is 0 Å². The van der Waals surface area contributed by atoms with Crippen molar-refractivity contribution < 1.29 is 14.3 Å². The molecule has 0 aromatic carbocycles. The predicted molar refractivity (Wildman–Crippen MR) is 80.1 cm³/mol. The monoisotopic (exact) mass is 286 g/mol. The van der Waals surface area contributed by atoms with Crippen molar-refractivity contribution in [2.45, 2.75) is 40.0 Å². The van der Waals surface area contributed by atoms with Crippen molar-refractivity contribution >= 4 is 11.9 Å². The van der Waals surface area contributed by atoms with Gasteiger partial charge in [-0.05, 0) is 31.2 Å². The second-order valence-corrected chi connectivity index (χ2v) is 5.82. The van der Waals surface area contributed by atoms with Gasteiger partial charge in [-0.2, -0.15) is 0 Å². The number of carbonyl (C=O) groups excluding carboxylic acids is 2. The summed E-state index contributed by atoms with van der Waals surface area (Å²) in [5.41, 5.74) is 5.60. The molecule has 0 saturated heterocycles. The molecule has 0 rings (SSSR count). The Balaban J connectivity index is 4.22. The van der Waals surface area contributed by atoms with E-state index in [0.29, 0.717) is 31.3 Å². The van der Waals surface area contributed by atoms with E-state index in [1.807, 2.05) is 0 Å². The number of methoxy groups -OCH3 is 1. The van der Waals surface area contributed by atoms with E-state index in [0.717, 1.165) is 12.8 Å². The zero-order chi connectivity index (χ0) is 15.7. The molecule has 0 aromatic heterocycles. The highest BCUT2D eigenvalue weighted by Gasteiger charge is 2.20. The standard InChI is InChI=1S/C15H30N2O3/c1-11(2)13(8-9-16)6-7-14(18)17(4)10-12(3)15(19)20-5/h11-13H,6-10,16H2,1-5H3. The Morgan fingerprint density at radius 2 is 1.80 bits per heavy atom. The van der Waals surface area contributed by atoms with E-state index in [4.69, 9.17) is 5.73 Å². The van der Waals surface area contributed by atoms with Crippen LogP contribution in [0.25, 0.3) is 0 Å². The fraction of sp³-hybridized carbons (Fsp3) is 0.867. The highest BCUT2D eigenvalue weighted by atomic mass is 16.5. The molecule has 0 bridgehead atoms. The van der Waals surface area contributed by atoms with Crippen molar-refractivity contribution in [1.29, 1.82) is 0 Å². The summed E-state index contributed by atoms with van der Waals surface area (Å²) in [5, 5.41) is 0. The van der Waals surface area contributed by atoms with Gasteiger partial charge in [-0.1, -0.05) is 20.8 Å². The Morgan fingerprint density at radius 3 is 2.25 bits per heavy atom. The normalized spacial score (nSPS) is 13.9. The summed E-state index contributed by atoms with van der Waals surface area (Å²) in [5.74, 6) is 0.510. The quantitative estimate of drug-likeness (QED) is 0.654. The summed E-state index contributed by atoms with van der Waals surface area (Å²) < 4.78 is 4.66. The van der Waals surface area contributed by atoms with Gasteiger partial charge in [-0.3, -0.25) is 9.59 Å². The molecule has 5 heteroatoms. The predicted octanol–water partition coefficient (Wildman–Crippen LogP) is 1.66. The first kappa shape index (κ1) is 18.9. The molecule has 0 saturated carbocycles. The van der Waals surface area contributed by atoms with E-state index in [-0.39, 0.29) is 17.8 Å². The van der Waals surface area contributed by atoms with Gasteiger partial charge in [0.25, 0.3) is 0 Å². The molecule has 0 aliphatic rings. The molecule has 2 unspecified atom stereocenters. The SMILES string of the molecule is COC(=O)C(C)CN(C)C(=O)CCC(CCN)C(C)C. The molecule has 0 fully saturated rings. The molecule has 5 nitrogen and oxygen atoms in total. The van der Waals surface area contributed by atoms with Crippen LogP contribution in [0.1, 0.15) is 40.0 Å². The lowest BCUT2D eigenvalue weighted by Crippen LogP contribution is -2.34. The van der Waals surface area contributed by atoms with Gasteiger partial charge in [0.1, 0.15) is 0 Å². The average molecular weight is 286 g/mol. The van der Waals surface area contributed by atoms with Gasteiger partial charge in [0.05, 0.1) is 13.0 Å². The van der Waals surface area contributed by atoms with Crippen LogP contribution in [0.4, 0.5) is 0 Å². The van der Waals surface area contributed by atoms with E-state index in [1.165, 1.54) is 7.11 Å². The molecule has 0 aromatic rings. The summed E-state index contributed by atoms with van der Waals surface area (Å²) in [4.78, 5) is 25.0. The molecule has 0 aliphatic carbocycles. The van der Waals surface area contributed by atoms with Gasteiger partial charge in [-0.15, -0.1) is 0 Å². The van der Waals surface area contributed by atoms with Crippen LogP contribution in [0.2, 0.25) is 0 Å². The first-order chi connectivity index (χ1) is 9.33. The van der Waals surface area contributed by atoms with Crippen LogP contribution in [0.3, 0.4) is 0 Å². The number of rotatable bonds is 9. The van der Waals surface area contributed by atoms with Crippen molar-refractivity contribution in [2.75, 3.05) is 27.2 Å². The third kappa shape index (κ3) is 6.89. The zero-order valence-electron chi connectivity index (χ0n) is 13.5. The number of hydrogen-bond acceptors (Lipinski definition) is 4. The van der Waals surface area contributed by atoms with Crippen LogP contribution >= 0.6 is 0 Å². The Morgan fingerprint density at radius 1 is 1.20 bits per heavy atom. The zero-order valence-corrected chi connectivity index (χ0v) is 13.5. The molecular formula is C15H30N2O3. The maximum absolute atomic E-state index is 12.1. The number of nitrogens with zero attached hydrogens (tertiary/aromatic N) is 1. The van der Waals surface area contributed by atoms with E-state index in [2.05, 4.69) is 18.6 Å². The van der Waals surface area contributed by atoms with Crippen LogP contribution < -0.4 is 5.73 Å². The molecule has 2 atom stereocenters. The van der Waals surface area contributed by atoms with E-state index < -0.39 is 0 Å². The third-order valence-corrected chi connectivity index (χ3v) is 3.79. The number of hydrogen-bond donors (Lipinski definition) is 1. The van der Waals surface area contributed by atoms with Crippen LogP contribution in [-0.2, 0) is 14.3 Å². The van der Waals surface area contributed by atoms with E-state index in [1.54, 1.807) is 18.9 Å². The number of carbonyl (C=O) groups is 2. The maximum Gasteiger partial charge on any atom is 0.310 e. The number of ether oxygens (including phenoxy) is 1. The lowest BCUT2D eigenvalue weighted by Gasteiger charge is -2.23.